The monoisotopic (exact) mass is 244 g/mol. The zero-order valence-electron chi connectivity index (χ0n) is 10.3. The Balaban J connectivity index is 2.80. The third kappa shape index (κ3) is 3.75. The lowest BCUT2D eigenvalue weighted by molar-refractivity contribution is -0.0957. The van der Waals surface area contributed by atoms with E-state index in [0.717, 1.165) is 18.2 Å². The van der Waals surface area contributed by atoms with Crippen LogP contribution in [-0.2, 0) is 11.2 Å². The van der Waals surface area contributed by atoms with Crippen LogP contribution in [0, 0.1) is 11.6 Å². The minimum absolute atomic E-state index is 0.0244. The molecule has 0 aliphatic rings. The molecule has 1 aromatic rings. The molecule has 0 aromatic heterocycles. The predicted molar refractivity (Wildman–Crippen MR) is 61.8 cm³/mol. The maximum absolute atomic E-state index is 13.4. The van der Waals surface area contributed by atoms with Crippen molar-refractivity contribution >= 4 is 0 Å². The molecule has 0 spiro atoms. The third-order valence-corrected chi connectivity index (χ3v) is 2.74. The van der Waals surface area contributed by atoms with Crippen LogP contribution in [0.2, 0.25) is 0 Å². The second-order valence-electron chi connectivity index (χ2n) is 4.49. The van der Waals surface area contributed by atoms with Crippen LogP contribution in [0.15, 0.2) is 18.2 Å². The molecule has 2 nitrogen and oxygen atoms in total. The van der Waals surface area contributed by atoms with E-state index in [1.165, 1.54) is 0 Å². The summed E-state index contributed by atoms with van der Waals surface area (Å²) >= 11 is 0. The van der Waals surface area contributed by atoms with Gasteiger partial charge in [-0.2, -0.15) is 0 Å². The first kappa shape index (κ1) is 14.1. The van der Waals surface area contributed by atoms with Crippen molar-refractivity contribution in [2.75, 3.05) is 6.61 Å². The van der Waals surface area contributed by atoms with E-state index in [9.17, 15) is 13.9 Å². The van der Waals surface area contributed by atoms with Crippen LogP contribution < -0.4 is 0 Å². The Hall–Kier alpha value is -1.00. The van der Waals surface area contributed by atoms with E-state index in [1.54, 1.807) is 13.8 Å². The second kappa shape index (κ2) is 5.56. The molecule has 1 N–H and O–H groups in total. The second-order valence-corrected chi connectivity index (χ2v) is 4.49. The lowest BCUT2D eigenvalue weighted by atomic mass is 9.94. The van der Waals surface area contributed by atoms with Gasteiger partial charge in [-0.15, -0.1) is 0 Å². The van der Waals surface area contributed by atoms with Gasteiger partial charge in [0.05, 0.1) is 11.7 Å². The van der Waals surface area contributed by atoms with E-state index < -0.39 is 23.3 Å². The molecular weight excluding hydrogens is 226 g/mol. The van der Waals surface area contributed by atoms with Crippen LogP contribution >= 0.6 is 0 Å². The molecule has 0 saturated heterocycles. The summed E-state index contributed by atoms with van der Waals surface area (Å²) in [7, 11) is 0. The Kier molecular flexibility index (Phi) is 4.60. The van der Waals surface area contributed by atoms with Crippen molar-refractivity contribution in [2.45, 2.75) is 38.9 Å². The molecule has 0 bridgehead atoms. The number of aliphatic hydroxyl groups is 1. The highest BCUT2D eigenvalue weighted by atomic mass is 19.1. The molecule has 0 heterocycles. The first-order chi connectivity index (χ1) is 7.86. The molecule has 1 aromatic carbocycles. The maximum atomic E-state index is 13.4. The number of ether oxygens (including phenoxy) is 1. The molecule has 0 radical (unpaired) electrons. The molecule has 1 atom stereocenters. The van der Waals surface area contributed by atoms with Crippen LogP contribution in [0.4, 0.5) is 8.78 Å². The van der Waals surface area contributed by atoms with Gasteiger partial charge in [-0.05, 0) is 44.5 Å². The van der Waals surface area contributed by atoms with E-state index in [1.807, 2.05) is 6.92 Å². The summed E-state index contributed by atoms with van der Waals surface area (Å²) in [6.45, 7) is 5.71. The highest BCUT2D eigenvalue weighted by molar-refractivity contribution is 5.20. The summed E-state index contributed by atoms with van der Waals surface area (Å²) in [6, 6.07) is 3.21. The van der Waals surface area contributed by atoms with Gasteiger partial charge in [0.25, 0.3) is 0 Å². The molecule has 4 heteroatoms. The van der Waals surface area contributed by atoms with Crippen LogP contribution in [-0.4, -0.2) is 23.4 Å². The number of aliphatic hydroxyl groups excluding tert-OH is 1. The summed E-state index contributed by atoms with van der Waals surface area (Å²) in [4.78, 5) is 0. The fraction of sp³-hybridized carbons (Fsp3) is 0.538. The van der Waals surface area contributed by atoms with E-state index in [0.29, 0.717) is 6.61 Å². The highest BCUT2D eigenvalue weighted by Gasteiger charge is 2.29. The molecule has 0 amide bonds. The smallest absolute Gasteiger partial charge is 0.126 e. The van der Waals surface area contributed by atoms with Crippen LogP contribution in [0.3, 0.4) is 0 Å². The summed E-state index contributed by atoms with van der Waals surface area (Å²) in [6.07, 6.45) is -0.866. The Morgan fingerprint density at radius 2 is 2.00 bits per heavy atom. The molecule has 17 heavy (non-hydrogen) atoms. The van der Waals surface area contributed by atoms with Crippen molar-refractivity contribution in [1.29, 1.82) is 0 Å². The Bertz CT molecular complexity index is 378. The molecular formula is C13H18F2O2. The molecule has 0 fully saturated rings. The van der Waals surface area contributed by atoms with Crippen molar-refractivity contribution in [2.24, 2.45) is 0 Å². The van der Waals surface area contributed by atoms with Gasteiger partial charge in [0.15, 0.2) is 0 Å². The fourth-order valence-electron chi connectivity index (χ4n) is 1.62. The maximum Gasteiger partial charge on any atom is 0.126 e. The summed E-state index contributed by atoms with van der Waals surface area (Å²) < 4.78 is 31.7. The van der Waals surface area contributed by atoms with E-state index >= 15 is 0 Å². The SMILES string of the molecule is CCOC(C)(C)C(O)Cc1cc(F)ccc1F. The Morgan fingerprint density at radius 3 is 2.59 bits per heavy atom. The number of hydrogen-bond donors (Lipinski definition) is 1. The average Bonchev–Trinajstić information content (AvgIpc) is 2.23. The van der Waals surface area contributed by atoms with Crippen LogP contribution in [0.1, 0.15) is 26.3 Å². The average molecular weight is 244 g/mol. The Labute approximate surface area is 100 Å². The third-order valence-electron chi connectivity index (χ3n) is 2.74. The minimum atomic E-state index is -0.890. The van der Waals surface area contributed by atoms with Crippen molar-refractivity contribution < 1.29 is 18.6 Å². The van der Waals surface area contributed by atoms with Crippen molar-refractivity contribution in [3.8, 4) is 0 Å². The van der Waals surface area contributed by atoms with Crippen LogP contribution in [0.25, 0.3) is 0 Å². The lowest BCUT2D eigenvalue weighted by Gasteiger charge is -2.30. The van der Waals surface area contributed by atoms with E-state index in [4.69, 9.17) is 4.74 Å². The summed E-state index contributed by atoms with van der Waals surface area (Å²) in [5.74, 6) is -1.03. The molecule has 1 unspecified atom stereocenters. The lowest BCUT2D eigenvalue weighted by Crippen LogP contribution is -2.40. The van der Waals surface area contributed by atoms with Gasteiger partial charge in [0.1, 0.15) is 11.6 Å². The van der Waals surface area contributed by atoms with Crippen molar-refractivity contribution in [1.82, 2.24) is 0 Å². The normalized spacial score (nSPS) is 13.8. The molecule has 96 valence electrons. The Morgan fingerprint density at radius 1 is 1.35 bits per heavy atom. The standard InChI is InChI=1S/C13H18F2O2/c1-4-17-13(2,3)12(16)8-9-7-10(14)5-6-11(9)15/h5-7,12,16H,4,8H2,1-3H3. The van der Waals surface area contributed by atoms with Gasteiger partial charge in [-0.25, -0.2) is 8.78 Å². The zero-order chi connectivity index (χ0) is 13.1. The molecule has 0 saturated carbocycles. The van der Waals surface area contributed by atoms with Gasteiger partial charge < -0.3 is 9.84 Å². The largest absolute Gasteiger partial charge is 0.390 e. The first-order valence-corrected chi connectivity index (χ1v) is 5.62. The van der Waals surface area contributed by atoms with E-state index in [-0.39, 0.29) is 12.0 Å². The van der Waals surface area contributed by atoms with Crippen molar-refractivity contribution in [3.05, 3.63) is 35.4 Å². The molecule has 0 aliphatic heterocycles. The molecule has 1 rings (SSSR count). The summed E-state index contributed by atoms with van der Waals surface area (Å²) in [5, 5.41) is 9.96. The number of halogens is 2. The molecule has 0 aliphatic carbocycles. The summed E-state index contributed by atoms with van der Waals surface area (Å²) in [5.41, 5.74) is -0.627. The zero-order valence-corrected chi connectivity index (χ0v) is 10.3. The fourth-order valence-corrected chi connectivity index (χ4v) is 1.62. The van der Waals surface area contributed by atoms with Gasteiger partial charge in [-0.3, -0.25) is 0 Å². The predicted octanol–water partition coefficient (Wildman–Crippen LogP) is 2.68. The van der Waals surface area contributed by atoms with Crippen LogP contribution in [0.5, 0.6) is 0 Å². The highest BCUT2D eigenvalue weighted by Crippen LogP contribution is 2.20. The van der Waals surface area contributed by atoms with Gasteiger partial charge in [0.2, 0.25) is 0 Å². The number of benzene rings is 1. The van der Waals surface area contributed by atoms with Gasteiger partial charge >= 0.3 is 0 Å². The topological polar surface area (TPSA) is 29.5 Å². The minimum Gasteiger partial charge on any atom is -0.390 e. The number of rotatable bonds is 5. The van der Waals surface area contributed by atoms with E-state index in [2.05, 4.69) is 0 Å². The van der Waals surface area contributed by atoms with Gasteiger partial charge in [0, 0.05) is 13.0 Å². The first-order valence-electron chi connectivity index (χ1n) is 5.62. The van der Waals surface area contributed by atoms with Crippen molar-refractivity contribution in [3.63, 3.8) is 0 Å². The quantitative estimate of drug-likeness (QED) is 0.863. The number of hydrogen-bond acceptors (Lipinski definition) is 2. The van der Waals surface area contributed by atoms with Gasteiger partial charge in [-0.1, -0.05) is 0 Å².